The van der Waals surface area contributed by atoms with E-state index in [1.54, 1.807) is 28.9 Å². The number of rotatable bonds is 5. The molecular formula is C21H32Cl2N4O3S. The highest BCUT2D eigenvalue weighted by Gasteiger charge is 2.23. The molecule has 1 aliphatic heterocycles. The van der Waals surface area contributed by atoms with Crippen LogP contribution in [0.5, 0.6) is 0 Å². The summed E-state index contributed by atoms with van der Waals surface area (Å²) in [6.45, 7) is 9.99. The lowest BCUT2D eigenvalue weighted by molar-refractivity contribution is 0.312. The van der Waals surface area contributed by atoms with Crippen LogP contribution < -0.4 is 10.5 Å². The molecule has 31 heavy (non-hydrogen) atoms. The van der Waals surface area contributed by atoms with Crippen LogP contribution in [0.25, 0.3) is 11.3 Å². The zero-order valence-electron chi connectivity index (χ0n) is 18.7. The van der Waals surface area contributed by atoms with Crippen molar-refractivity contribution in [1.29, 1.82) is 0 Å². The van der Waals surface area contributed by atoms with Crippen LogP contribution in [0, 0.1) is 12.8 Å². The number of anilines is 1. The average molecular weight is 491 g/mol. The van der Waals surface area contributed by atoms with Crippen molar-refractivity contribution in [2.45, 2.75) is 32.2 Å². The first kappa shape index (κ1) is 27.4. The Morgan fingerprint density at radius 2 is 1.58 bits per heavy atom. The molecule has 0 spiro atoms. The summed E-state index contributed by atoms with van der Waals surface area (Å²) in [4.78, 5) is 17.9. The molecule has 0 radical (unpaired) electrons. The third-order valence-electron chi connectivity index (χ3n) is 5.28. The Morgan fingerprint density at radius 3 is 2.06 bits per heavy atom. The molecule has 2 aromatic rings. The third kappa shape index (κ3) is 6.22. The van der Waals surface area contributed by atoms with Crippen LogP contribution in [0.1, 0.15) is 19.4 Å². The van der Waals surface area contributed by atoms with Gasteiger partial charge in [-0.3, -0.25) is 4.79 Å². The zero-order valence-corrected chi connectivity index (χ0v) is 21.1. The smallest absolute Gasteiger partial charge is 0.290 e. The van der Waals surface area contributed by atoms with Gasteiger partial charge in [0.1, 0.15) is 5.69 Å². The molecule has 0 bridgehead atoms. The van der Waals surface area contributed by atoms with Crippen molar-refractivity contribution in [3.8, 4) is 11.3 Å². The molecule has 0 saturated carbocycles. The molecule has 2 heterocycles. The van der Waals surface area contributed by atoms with Gasteiger partial charge in [-0.15, -0.1) is 24.8 Å². The maximum atomic E-state index is 13.2. The molecule has 1 saturated heterocycles. The fourth-order valence-corrected chi connectivity index (χ4v) is 4.27. The van der Waals surface area contributed by atoms with E-state index in [1.807, 2.05) is 6.92 Å². The Hall–Kier alpha value is -1.61. The van der Waals surface area contributed by atoms with Crippen LogP contribution in [0.4, 0.5) is 5.69 Å². The highest BCUT2D eigenvalue weighted by molar-refractivity contribution is 7.90. The van der Waals surface area contributed by atoms with E-state index >= 15 is 0 Å². The van der Waals surface area contributed by atoms with E-state index < -0.39 is 9.84 Å². The van der Waals surface area contributed by atoms with Crippen molar-refractivity contribution < 1.29 is 8.42 Å². The lowest BCUT2D eigenvalue weighted by Crippen LogP contribution is -2.47. The van der Waals surface area contributed by atoms with Gasteiger partial charge >= 0.3 is 0 Å². The van der Waals surface area contributed by atoms with E-state index in [4.69, 9.17) is 0 Å². The number of sulfone groups is 1. The average Bonchev–Trinajstić information content (AvgIpc) is 2.65. The molecule has 3 rings (SSSR count). The van der Waals surface area contributed by atoms with E-state index in [1.165, 1.54) is 6.26 Å². The van der Waals surface area contributed by atoms with Crippen LogP contribution >= 0.6 is 24.8 Å². The Morgan fingerprint density at radius 1 is 1.03 bits per heavy atom. The summed E-state index contributed by atoms with van der Waals surface area (Å²) >= 11 is 0. The van der Waals surface area contributed by atoms with Gasteiger partial charge in [0.15, 0.2) is 9.84 Å². The molecule has 1 aromatic heterocycles. The molecule has 0 unspecified atom stereocenters. The zero-order chi connectivity index (χ0) is 21.3. The second-order valence-corrected chi connectivity index (χ2v) is 10.3. The first-order valence-electron chi connectivity index (χ1n) is 9.93. The molecule has 10 heteroatoms. The van der Waals surface area contributed by atoms with Gasteiger partial charge < -0.3 is 9.80 Å². The van der Waals surface area contributed by atoms with Crippen molar-refractivity contribution in [3.63, 3.8) is 0 Å². The lowest BCUT2D eigenvalue weighted by atomic mass is 10.1. The fraction of sp³-hybridized carbons (Fsp3) is 0.524. The standard InChI is InChI=1S/C21H30N4O3S.2ClH/c1-15(2)14-25-21(26)20(24-12-10-23(4)11-13-24)16(3)19(22-25)17-6-8-18(9-7-17)29(5,27)28;;/h6-9,15H,10-14H2,1-5H3;2*1H. The number of aromatic nitrogens is 2. The van der Waals surface area contributed by atoms with Crippen molar-refractivity contribution in [2.75, 3.05) is 44.4 Å². The second kappa shape index (κ2) is 10.8. The topological polar surface area (TPSA) is 75.5 Å². The normalized spacial score (nSPS) is 14.8. The minimum absolute atomic E-state index is 0. The number of hydrogen-bond donors (Lipinski definition) is 0. The quantitative estimate of drug-likeness (QED) is 0.641. The maximum absolute atomic E-state index is 13.2. The van der Waals surface area contributed by atoms with Crippen LogP contribution in [0.15, 0.2) is 34.0 Å². The minimum atomic E-state index is -3.26. The predicted molar refractivity (Wildman–Crippen MR) is 131 cm³/mol. The molecule has 0 atom stereocenters. The van der Waals surface area contributed by atoms with Crippen molar-refractivity contribution in [1.82, 2.24) is 14.7 Å². The number of piperazine rings is 1. The molecule has 1 fully saturated rings. The van der Waals surface area contributed by atoms with Crippen molar-refractivity contribution in [3.05, 3.63) is 40.2 Å². The maximum Gasteiger partial charge on any atom is 0.290 e. The van der Waals surface area contributed by atoms with Crippen LogP contribution in [-0.4, -0.2) is 62.6 Å². The van der Waals surface area contributed by atoms with E-state index in [9.17, 15) is 13.2 Å². The molecule has 7 nitrogen and oxygen atoms in total. The molecular weight excluding hydrogens is 459 g/mol. The Kier molecular flexibility index (Phi) is 9.56. The largest absolute Gasteiger partial charge is 0.364 e. The molecule has 0 aliphatic carbocycles. The summed E-state index contributed by atoms with van der Waals surface area (Å²) in [6.07, 6.45) is 1.19. The fourth-order valence-electron chi connectivity index (χ4n) is 3.64. The van der Waals surface area contributed by atoms with Crippen molar-refractivity contribution >= 4 is 40.3 Å². The van der Waals surface area contributed by atoms with Gasteiger partial charge in [-0.05, 0) is 32.0 Å². The number of nitrogens with zero attached hydrogens (tertiary/aromatic N) is 4. The van der Waals surface area contributed by atoms with Gasteiger partial charge in [0.05, 0.1) is 10.6 Å². The lowest BCUT2D eigenvalue weighted by Gasteiger charge is -2.34. The summed E-state index contributed by atoms with van der Waals surface area (Å²) in [5.41, 5.74) is 3.02. The summed E-state index contributed by atoms with van der Waals surface area (Å²) in [6, 6.07) is 6.73. The first-order chi connectivity index (χ1) is 13.6. The van der Waals surface area contributed by atoms with Gasteiger partial charge in [0, 0.05) is 50.1 Å². The molecule has 0 amide bonds. The minimum Gasteiger partial charge on any atom is -0.364 e. The Labute approximate surface area is 197 Å². The van der Waals surface area contributed by atoms with Crippen molar-refractivity contribution in [2.24, 2.45) is 5.92 Å². The van der Waals surface area contributed by atoms with Gasteiger partial charge in [-0.25, -0.2) is 13.1 Å². The summed E-state index contributed by atoms with van der Waals surface area (Å²) in [5.74, 6) is 0.281. The van der Waals surface area contributed by atoms with Gasteiger partial charge in [0.25, 0.3) is 5.56 Å². The highest BCUT2D eigenvalue weighted by Crippen LogP contribution is 2.28. The number of benzene rings is 1. The summed E-state index contributed by atoms with van der Waals surface area (Å²) < 4.78 is 25.1. The Bertz CT molecular complexity index is 1050. The third-order valence-corrected chi connectivity index (χ3v) is 6.41. The van der Waals surface area contributed by atoms with Crippen LogP contribution in [0.3, 0.4) is 0 Å². The Balaban J connectivity index is 0.00000240. The second-order valence-electron chi connectivity index (χ2n) is 8.29. The summed E-state index contributed by atoms with van der Waals surface area (Å²) in [7, 11) is -1.18. The SMILES string of the molecule is Cc1c(-c2ccc(S(C)(=O)=O)cc2)nn(CC(C)C)c(=O)c1N1CCN(C)CC1.Cl.Cl. The van der Waals surface area contributed by atoms with E-state index in [2.05, 4.69) is 35.8 Å². The highest BCUT2D eigenvalue weighted by atomic mass is 35.5. The summed E-state index contributed by atoms with van der Waals surface area (Å²) in [5, 5.41) is 4.66. The molecule has 1 aliphatic rings. The monoisotopic (exact) mass is 490 g/mol. The van der Waals surface area contributed by atoms with Crippen LogP contribution in [-0.2, 0) is 16.4 Å². The molecule has 1 aromatic carbocycles. The predicted octanol–water partition coefficient (Wildman–Crippen LogP) is 2.87. The first-order valence-corrected chi connectivity index (χ1v) is 11.8. The molecule has 0 N–H and O–H groups in total. The van der Waals surface area contributed by atoms with E-state index in [-0.39, 0.29) is 41.2 Å². The van der Waals surface area contributed by atoms with Gasteiger partial charge in [0.2, 0.25) is 0 Å². The number of likely N-dealkylation sites (N-methyl/N-ethyl adjacent to an activating group) is 1. The number of halogens is 2. The number of hydrogen-bond acceptors (Lipinski definition) is 6. The van der Waals surface area contributed by atoms with Gasteiger partial charge in [-0.1, -0.05) is 26.0 Å². The van der Waals surface area contributed by atoms with E-state index in [0.29, 0.717) is 12.2 Å². The van der Waals surface area contributed by atoms with Gasteiger partial charge in [-0.2, -0.15) is 5.10 Å². The van der Waals surface area contributed by atoms with E-state index in [0.717, 1.165) is 43.0 Å². The van der Waals surface area contributed by atoms with Crippen LogP contribution in [0.2, 0.25) is 0 Å². The molecule has 174 valence electrons.